The Kier molecular flexibility index (Phi) is 5.84. The molecule has 1 aliphatic carbocycles. The number of pyridine rings is 1. The lowest BCUT2D eigenvalue weighted by atomic mass is 9.53. The van der Waals surface area contributed by atoms with Crippen molar-refractivity contribution < 1.29 is 9.84 Å². The lowest BCUT2D eigenvalue weighted by Gasteiger charge is -2.48. The number of aliphatic hydroxyl groups is 1. The average molecular weight is 516 g/mol. The van der Waals surface area contributed by atoms with Crippen LogP contribution in [0.15, 0.2) is 42.6 Å². The second kappa shape index (κ2) is 8.88. The van der Waals surface area contributed by atoms with Crippen molar-refractivity contribution in [1.82, 2.24) is 29.8 Å². The fraction of sp³-hybridized carbons (Fsp3) is 0.517. The van der Waals surface area contributed by atoms with Gasteiger partial charge in [-0.15, -0.1) is 5.10 Å². The number of rotatable bonds is 5. The first-order valence-electron chi connectivity index (χ1n) is 13.7. The highest BCUT2D eigenvalue weighted by atomic mass is 16.5. The molecule has 8 rings (SSSR count). The molecule has 6 heterocycles. The van der Waals surface area contributed by atoms with Gasteiger partial charge in [0.2, 0.25) is 0 Å². The summed E-state index contributed by atoms with van der Waals surface area (Å²) in [5.41, 5.74) is 3.47. The third kappa shape index (κ3) is 3.51. The SMILES string of the molecule is CC.Cc1nc(C2C3(CO)COC2(c2nc4c(C)cc(N5CC[C@](C)(c6ccccc6)C5)cn4n2)C3)n[nH]1. The zero-order valence-corrected chi connectivity index (χ0v) is 22.9. The number of aromatic nitrogens is 6. The molecule has 0 radical (unpaired) electrons. The summed E-state index contributed by atoms with van der Waals surface area (Å²) in [6.45, 7) is 12.8. The van der Waals surface area contributed by atoms with Crippen molar-refractivity contribution in [3.63, 3.8) is 0 Å². The van der Waals surface area contributed by atoms with E-state index in [1.807, 2.05) is 25.3 Å². The lowest BCUT2D eigenvalue weighted by molar-refractivity contribution is -0.0714. The Morgan fingerprint density at radius 3 is 2.66 bits per heavy atom. The molecule has 4 fully saturated rings. The Bertz CT molecular complexity index is 1470. The number of H-pyrrole nitrogens is 1. The first kappa shape index (κ1) is 25.0. The van der Waals surface area contributed by atoms with Crippen LogP contribution in [0.3, 0.4) is 0 Å². The maximum absolute atomic E-state index is 10.2. The Labute approximate surface area is 223 Å². The van der Waals surface area contributed by atoms with Gasteiger partial charge in [0.15, 0.2) is 17.3 Å². The molecule has 200 valence electrons. The van der Waals surface area contributed by atoms with Gasteiger partial charge in [0.05, 0.1) is 31.0 Å². The van der Waals surface area contributed by atoms with E-state index in [4.69, 9.17) is 14.8 Å². The van der Waals surface area contributed by atoms with Crippen LogP contribution in [0.4, 0.5) is 5.69 Å². The minimum atomic E-state index is -0.713. The van der Waals surface area contributed by atoms with Gasteiger partial charge >= 0.3 is 0 Å². The third-order valence-electron chi connectivity index (χ3n) is 8.79. The van der Waals surface area contributed by atoms with Gasteiger partial charge in [-0.25, -0.2) is 14.5 Å². The van der Waals surface area contributed by atoms with Crippen LogP contribution in [-0.4, -0.2) is 61.2 Å². The van der Waals surface area contributed by atoms with Crippen molar-refractivity contribution in [3.8, 4) is 0 Å². The molecule has 1 aromatic carbocycles. The molecular formula is C29H37N7O2. The predicted octanol–water partition coefficient (Wildman–Crippen LogP) is 4.05. The molecule has 3 aliphatic heterocycles. The first-order valence-corrected chi connectivity index (χ1v) is 13.7. The molecule has 9 heteroatoms. The second-order valence-corrected chi connectivity index (χ2v) is 11.3. The van der Waals surface area contributed by atoms with Crippen molar-refractivity contribution in [2.75, 3.05) is 31.2 Å². The normalized spacial score (nSPS) is 29.8. The number of anilines is 1. The van der Waals surface area contributed by atoms with Crippen LogP contribution in [0.25, 0.3) is 5.65 Å². The highest BCUT2D eigenvalue weighted by Crippen LogP contribution is 2.70. The zero-order chi connectivity index (χ0) is 26.7. The maximum atomic E-state index is 10.2. The van der Waals surface area contributed by atoms with E-state index >= 15 is 0 Å². The van der Waals surface area contributed by atoms with Crippen molar-refractivity contribution >= 4 is 11.3 Å². The van der Waals surface area contributed by atoms with Gasteiger partial charge in [-0.1, -0.05) is 51.1 Å². The van der Waals surface area contributed by atoms with Crippen molar-refractivity contribution in [2.24, 2.45) is 5.41 Å². The molecule has 4 atom stereocenters. The van der Waals surface area contributed by atoms with Gasteiger partial charge in [0, 0.05) is 23.9 Å². The van der Waals surface area contributed by atoms with E-state index in [1.54, 1.807) is 0 Å². The predicted molar refractivity (Wildman–Crippen MR) is 145 cm³/mol. The van der Waals surface area contributed by atoms with Crippen molar-refractivity contribution in [3.05, 3.63) is 71.2 Å². The molecule has 4 aliphatic rings. The van der Waals surface area contributed by atoms with E-state index in [2.05, 4.69) is 76.5 Å². The van der Waals surface area contributed by atoms with E-state index in [9.17, 15) is 5.11 Å². The quantitative estimate of drug-likeness (QED) is 0.413. The summed E-state index contributed by atoms with van der Waals surface area (Å²) >= 11 is 0. The Balaban J connectivity index is 0.00000129. The largest absolute Gasteiger partial charge is 0.396 e. The summed E-state index contributed by atoms with van der Waals surface area (Å²) in [5.74, 6) is 1.88. The highest BCUT2D eigenvalue weighted by Gasteiger charge is 2.74. The van der Waals surface area contributed by atoms with Crippen LogP contribution in [0, 0.1) is 19.3 Å². The molecule has 0 amide bonds. The van der Waals surface area contributed by atoms with Crippen LogP contribution in [-0.2, 0) is 15.8 Å². The van der Waals surface area contributed by atoms with Crippen LogP contribution in [0.2, 0.25) is 0 Å². The number of aryl methyl sites for hydroxylation is 2. The van der Waals surface area contributed by atoms with Crippen molar-refractivity contribution in [2.45, 2.75) is 64.4 Å². The minimum absolute atomic E-state index is 0.0265. The molecule has 0 spiro atoms. The van der Waals surface area contributed by atoms with Crippen LogP contribution >= 0.6 is 0 Å². The summed E-state index contributed by atoms with van der Waals surface area (Å²) in [7, 11) is 0. The molecule has 4 aromatic rings. The van der Waals surface area contributed by atoms with Crippen LogP contribution in [0.1, 0.15) is 68.1 Å². The summed E-state index contributed by atoms with van der Waals surface area (Å²) in [4.78, 5) is 12.0. The van der Waals surface area contributed by atoms with E-state index in [0.29, 0.717) is 24.7 Å². The van der Waals surface area contributed by atoms with E-state index in [0.717, 1.165) is 42.2 Å². The molecular weight excluding hydrogens is 478 g/mol. The molecule has 3 unspecified atom stereocenters. The number of aromatic amines is 1. The Hall–Kier alpha value is -3.30. The van der Waals surface area contributed by atoms with Gasteiger partial charge in [-0.2, -0.15) is 5.10 Å². The molecule has 3 saturated heterocycles. The zero-order valence-electron chi connectivity index (χ0n) is 22.9. The van der Waals surface area contributed by atoms with Crippen LogP contribution < -0.4 is 4.90 Å². The highest BCUT2D eigenvalue weighted by molar-refractivity contribution is 5.58. The van der Waals surface area contributed by atoms with E-state index < -0.39 is 5.60 Å². The smallest absolute Gasteiger partial charge is 0.184 e. The van der Waals surface area contributed by atoms with Crippen LogP contribution in [0.5, 0.6) is 0 Å². The molecule has 3 aromatic heterocycles. The first-order chi connectivity index (χ1) is 18.4. The van der Waals surface area contributed by atoms with E-state index in [-0.39, 0.29) is 23.4 Å². The number of nitrogens with one attached hydrogen (secondary N) is 1. The standard InChI is InChI=1S/C27H31N7O2.C2H6/c1-17-11-20(33-10-9-25(3,14-33)19-7-5-4-6-8-19)12-34-23(17)29-24(32-34)27-13-26(15-35,16-36-27)21(27)22-28-18(2)30-31-22;1-2/h4-8,11-12,21,35H,9-10,13-16H2,1-3H3,(H,28,30,31);1-2H3/t21?,25-,26?,27?;/m0./s1. The lowest BCUT2D eigenvalue weighted by Crippen LogP contribution is -2.53. The molecule has 1 saturated carbocycles. The summed E-state index contributed by atoms with van der Waals surface area (Å²) in [6, 6.07) is 13.0. The topological polar surface area (TPSA) is 104 Å². The number of hydrogen-bond donors (Lipinski definition) is 2. The number of benzene rings is 1. The van der Waals surface area contributed by atoms with Gasteiger partial charge in [-0.3, -0.25) is 5.10 Å². The Morgan fingerprint density at radius 2 is 1.95 bits per heavy atom. The Morgan fingerprint density at radius 1 is 1.16 bits per heavy atom. The molecule has 2 N–H and O–H groups in total. The third-order valence-corrected chi connectivity index (χ3v) is 8.79. The summed E-state index contributed by atoms with van der Waals surface area (Å²) in [6.07, 6.45) is 3.86. The molecule has 9 nitrogen and oxygen atoms in total. The minimum Gasteiger partial charge on any atom is -0.396 e. The number of nitrogens with zero attached hydrogens (tertiary/aromatic N) is 6. The van der Waals surface area contributed by atoms with E-state index in [1.165, 1.54) is 5.56 Å². The summed E-state index contributed by atoms with van der Waals surface area (Å²) in [5, 5.41) is 22.5. The van der Waals surface area contributed by atoms with Crippen molar-refractivity contribution in [1.29, 1.82) is 0 Å². The molecule has 2 bridgehead atoms. The molecule has 38 heavy (non-hydrogen) atoms. The van der Waals surface area contributed by atoms with Gasteiger partial charge in [0.1, 0.15) is 11.4 Å². The number of fused-ring (bicyclic) bond motifs is 2. The number of hydrogen-bond acceptors (Lipinski definition) is 7. The second-order valence-electron chi connectivity index (χ2n) is 11.3. The fourth-order valence-electron chi connectivity index (χ4n) is 6.81. The fourth-order valence-corrected chi connectivity index (χ4v) is 6.81. The maximum Gasteiger partial charge on any atom is 0.184 e. The van der Waals surface area contributed by atoms with Gasteiger partial charge < -0.3 is 14.7 Å². The average Bonchev–Trinajstić information content (AvgIpc) is 3.74. The van der Waals surface area contributed by atoms with Gasteiger partial charge in [0.25, 0.3) is 0 Å². The monoisotopic (exact) mass is 515 g/mol. The number of ether oxygens (including phenoxy) is 1. The number of aliphatic hydroxyl groups excluding tert-OH is 1. The summed E-state index contributed by atoms with van der Waals surface area (Å²) < 4.78 is 8.24. The van der Waals surface area contributed by atoms with Gasteiger partial charge in [-0.05, 0) is 43.9 Å².